The molecule has 4 rings (SSSR count). The van der Waals surface area contributed by atoms with E-state index in [1.165, 1.54) is 116 Å². The van der Waals surface area contributed by atoms with Crippen molar-refractivity contribution in [3.05, 3.63) is 0 Å². The van der Waals surface area contributed by atoms with E-state index < -0.39 is 0 Å². The van der Waals surface area contributed by atoms with Gasteiger partial charge in [-0.15, -0.1) is 0 Å². The average molecular weight is 396 g/mol. The van der Waals surface area contributed by atoms with Gasteiger partial charge in [0.15, 0.2) is 0 Å². The SMILES string of the molecule is CC1CCCCC1.CC1CCNCC1.CN1CCCCC1.C[C@H]1CCCNC1. The Morgan fingerprint density at radius 2 is 1.07 bits per heavy atom. The molecule has 0 aromatic carbocycles. The molecule has 4 aliphatic rings. The molecule has 3 heteroatoms. The maximum atomic E-state index is 3.33. The Kier molecular flexibility index (Phi) is 16.4. The Morgan fingerprint density at radius 3 is 1.36 bits per heavy atom. The first-order chi connectivity index (χ1) is 13.6. The third-order valence-electron chi connectivity index (χ3n) is 6.64. The first kappa shape index (κ1) is 25.9. The molecular formula is C25H53N3. The van der Waals surface area contributed by atoms with E-state index in [0.717, 1.165) is 17.8 Å². The van der Waals surface area contributed by atoms with Crippen molar-refractivity contribution in [2.75, 3.05) is 46.3 Å². The van der Waals surface area contributed by atoms with Crippen LogP contribution < -0.4 is 10.6 Å². The van der Waals surface area contributed by atoms with Crippen molar-refractivity contribution in [1.82, 2.24) is 15.5 Å². The molecule has 1 aliphatic carbocycles. The molecule has 2 N–H and O–H groups in total. The molecule has 4 fully saturated rings. The minimum Gasteiger partial charge on any atom is -0.317 e. The van der Waals surface area contributed by atoms with E-state index in [0.29, 0.717) is 0 Å². The lowest BCUT2D eigenvalue weighted by atomic mass is 9.91. The minimum atomic E-state index is 0.925. The lowest BCUT2D eigenvalue weighted by molar-refractivity contribution is 0.277. The summed E-state index contributed by atoms with van der Waals surface area (Å²) >= 11 is 0. The van der Waals surface area contributed by atoms with Crippen molar-refractivity contribution < 1.29 is 0 Å². The van der Waals surface area contributed by atoms with E-state index in [9.17, 15) is 0 Å². The molecule has 168 valence electrons. The van der Waals surface area contributed by atoms with Crippen LogP contribution in [0.15, 0.2) is 0 Å². The number of likely N-dealkylation sites (tertiary alicyclic amines) is 1. The highest BCUT2D eigenvalue weighted by Crippen LogP contribution is 2.22. The molecular weight excluding hydrogens is 342 g/mol. The van der Waals surface area contributed by atoms with Gasteiger partial charge in [-0.25, -0.2) is 0 Å². The van der Waals surface area contributed by atoms with Gasteiger partial charge in [0.05, 0.1) is 0 Å². The third kappa shape index (κ3) is 15.8. The zero-order chi connectivity index (χ0) is 20.5. The second-order valence-corrected chi connectivity index (χ2v) is 9.99. The summed E-state index contributed by atoms with van der Waals surface area (Å²) in [6.07, 6.45) is 17.3. The molecule has 3 saturated heterocycles. The Labute approximate surface area is 177 Å². The van der Waals surface area contributed by atoms with Crippen molar-refractivity contribution in [1.29, 1.82) is 0 Å². The average Bonchev–Trinajstić information content (AvgIpc) is 2.72. The van der Waals surface area contributed by atoms with E-state index in [4.69, 9.17) is 0 Å². The van der Waals surface area contributed by atoms with Crippen molar-refractivity contribution in [2.24, 2.45) is 17.8 Å². The fourth-order valence-corrected chi connectivity index (χ4v) is 4.35. The summed E-state index contributed by atoms with van der Waals surface area (Å²) in [7, 11) is 2.19. The molecule has 0 radical (unpaired) electrons. The van der Waals surface area contributed by atoms with Crippen LogP contribution in [0.1, 0.15) is 97.8 Å². The summed E-state index contributed by atoms with van der Waals surface area (Å²) in [6, 6.07) is 0. The van der Waals surface area contributed by atoms with Gasteiger partial charge in [0.25, 0.3) is 0 Å². The summed E-state index contributed by atoms with van der Waals surface area (Å²) in [6.45, 7) is 14.6. The van der Waals surface area contributed by atoms with E-state index in [1.807, 2.05) is 0 Å². The number of nitrogens with one attached hydrogen (secondary N) is 2. The highest BCUT2D eigenvalue weighted by Gasteiger charge is 2.06. The standard InChI is InChI=1S/C7H14.3C6H13N/c1-7-5-3-2-4-6-7;1-6-2-4-7-5-3-6;1-6-3-2-4-7-5-6;1-7-5-3-2-4-6-7/h7H,2-6H2,1H3;2*6-7H,2-5H2,1H3;2-6H2,1H3/t;;6-;/m..0./s1. The van der Waals surface area contributed by atoms with Crippen LogP contribution in [0, 0.1) is 17.8 Å². The predicted molar refractivity (Wildman–Crippen MR) is 126 cm³/mol. The lowest BCUT2D eigenvalue weighted by Crippen LogP contribution is -2.27. The first-order valence-electron chi connectivity index (χ1n) is 12.7. The van der Waals surface area contributed by atoms with Crippen molar-refractivity contribution >= 4 is 0 Å². The van der Waals surface area contributed by atoms with Gasteiger partial charge in [-0.3, -0.25) is 0 Å². The van der Waals surface area contributed by atoms with Gasteiger partial charge in [0.1, 0.15) is 0 Å². The molecule has 0 amide bonds. The summed E-state index contributed by atoms with van der Waals surface area (Å²) in [5.41, 5.74) is 0. The fourth-order valence-electron chi connectivity index (χ4n) is 4.35. The maximum absolute atomic E-state index is 3.33. The molecule has 28 heavy (non-hydrogen) atoms. The van der Waals surface area contributed by atoms with Crippen molar-refractivity contribution in [2.45, 2.75) is 97.8 Å². The third-order valence-corrected chi connectivity index (χ3v) is 6.64. The summed E-state index contributed by atoms with van der Waals surface area (Å²) in [5.74, 6) is 2.93. The van der Waals surface area contributed by atoms with Gasteiger partial charge in [-0.1, -0.05) is 59.3 Å². The van der Waals surface area contributed by atoms with Gasteiger partial charge >= 0.3 is 0 Å². The molecule has 0 spiro atoms. The van der Waals surface area contributed by atoms with Crippen LogP contribution in [0.5, 0.6) is 0 Å². The molecule has 1 saturated carbocycles. The molecule has 3 nitrogen and oxygen atoms in total. The Balaban J connectivity index is 0.000000187. The van der Waals surface area contributed by atoms with Crippen LogP contribution in [0.3, 0.4) is 0 Å². The predicted octanol–water partition coefficient (Wildman–Crippen LogP) is 5.70. The molecule has 3 aliphatic heterocycles. The second-order valence-electron chi connectivity index (χ2n) is 9.99. The van der Waals surface area contributed by atoms with E-state index in [2.05, 4.69) is 43.4 Å². The van der Waals surface area contributed by atoms with Crippen LogP contribution in [0.25, 0.3) is 0 Å². The number of rotatable bonds is 0. The van der Waals surface area contributed by atoms with Gasteiger partial charge in [-0.2, -0.15) is 0 Å². The number of hydrogen-bond acceptors (Lipinski definition) is 3. The van der Waals surface area contributed by atoms with Crippen LogP contribution in [0.2, 0.25) is 0 Å². The number of piperidine rings is 3. The number of hydrogen-bond donors (Lipinski definition) is 2. The lowest BCUT2D eigenvalue weighted by Gasteiger charge is -2.20. The summed E-state index contributed by atoms with van der Waals surface area (Å²) in [4.78, 5) is 2.39. The van der Waals surface area contributed by atoms with Gasteiger partial charge in [0, 0.05) is 0 Å². The normalized spacial score (nSPS) is 27.2. The van der Waals surface area contributed by atoms with E-state index in [1.54, 1.807) is 0 Å². The molecule has 1 atom stereocenters. The topological polar surface area (TPSA) is 27.3 Å². The smallest absolute Gasteiger partial charge is 0.00218 e. The van der Waals surface area contributed by atoms with Crippen LogP contribution in [-0.4, -0.2) is 51.2 Å². The minimum absolute atomic E-state index is 0.925. The summed E-state index contributed by atoms with van der Waals surface area (Å²) in [5, 5.41) is 6.65. The zero-order valence-electron chi connectivity index (χ0n) is 19.9. The van der Waals surface area contributed by atoms with Gasteiger partial charge < -0.3 is 15.5 Å². The van der Waals surface area contributed by atoms with Crippen LogP contribution >= 0.6 is 0 Å². The van der Waals surface area contributed by atoms with E-state index >= 15 is 0 Å². The quantitative estimate of drug-likeness (QED) is 0.551. The maximum Gasteiger partial charge on any atom is -0.00218 e. The van der Waals surface area contributed by atoms with E-state index in [-0.39, 0.29) is 0 Å². The second kappa shape index (κ2) is 17.7. The molecule has 0 aromatic heterocycles. The molecule has 0 aromatic rings. The zero-order valence-corrected chi connectivity index (χ0v) is 19.9. The van der Waals surface area contributed by atoms with Crippen LogP contribution in [-0.2, 0) is 0 Å². The van der Waals surface area contributed by atoms with Gasteiger partial charge in [-0.05, 0) is 103 Å². The summed E-state index contributed by atoms with van der Waals surface area (Å²) < 4.78 is 0. The fraction of sp³-hybridized carbons (Fsp3) is 1.00. The number of nitrogens with zero attached hydrogens (tertiary/aromatic N) is 1. The highest BCUT2D eigenvalue weighted by molar-refractivity contribution is 4.64. The Hall–Kier alpha value is -0.120. The van der Waals surface area contributed by atoms with Crippen molar-refractivity contribution in [3.8, 4) is 0 Å². The van der Waals surface area contributed by atoms with Crippen LogP contribution in [0.4, 0.5) is 0 Å². The Morgan fingerprint density at radius 1 is 0.536 bits per heavy atom. The Bertz CT molecular complexity index is 246. The first-order valence-corrected chi connectivity index (χ1v) is 12.7. The highest BCUT2D eigenvalue weighted by atomic mass is 15.1. The molecule has 0 bridgehead atoms. The molecule has 0 unspecified atom stereocenters. The molecule has 3 heterocycles. The van der Waals surface area contributed by atoms with Crippen molar-refractivity contribution in [3.63, 3.8) is 0 Å². The monoisotopic (exact) mass is 395 g/mol. The largest absolute Gasteiger partial charge is 0.317 e. The van der Waals surface area contributed by atoms with Gasteiger partial charge in [0.2, 0.25) is 0 Å².